The van der Waals surface area contributed by atoms with Crippen molar-refractivity contribution in [3.05, 3.63) is 105 Å². The molecular formula is C30H28ClNO5S. The molecule has 2 heterocycles. The number of nitrogens with one attached hydrogen (secondary N) is 1. The average molecular weight is 550 g/mol. The molecule has 3 atom stereocenters. The topological polar surface area (TPSA) is 85.6 Å². The number of thioether (sulfide) groups is 1. The molecule has 8 heteroatoms. The molecule has 0 fully saturated rings. The van der Waals surface area contributed by atoms with E-state index in [0.29, 0.717) is 45.1 Å². The van der Waals surface area contributed by atoms with Gasteiger partial charge in [0.25, 0.3) is 0 Å². The summed E-state index contributed by atoms with van der Waals surface area (Å²) in [6.07, 6.45) is 2.08. The minimum Gasteiger partial charge on any atom is -0.464 e. The van der Waals surface area contributed by atoms with Gasteiger partial charge in [-0.1, -0.05) is 55.4 Å². The molecule has 3 aromatic rings. The Morgan fingerprint density at radius 2 is 1.89 bits per heavy atom. The summed E-state index contributed by atoms with van der Waals surface area (Å²) < 4.78 is 11.4. The van der Waals surface area contributed by atoms with Crippen molar-refractivity contribution >= 4 is 46.1 Å². The van der Waals surface area contributed by atoms with E-state index in [-0.39, 0.29) is 35.7 Å². The molecule has 1 aliphatic heterocycles. The number of rotatable bonds is 7. The normalized spacial score (nSPS) is 21.3. The molecule has 6 nitrogen and oxygen atoms in total. The summed E-state index contributed by atoms with van der Waals surface area (Å²) in [5.74, 6) is -1.07. The largest absolute Gasteiger partial charge is 0.464 e. The highest BCUT2D eigenvalue weighted by atomic mass is 35.5. The summed E-state index contributed by atoms with van der Waals surface area (Å²) >= 11 is 8.13. The quantitative estimate of drug-likeness (QED) is 0.287. The summed E-state index contributed by atoms with van der Waals surface area (Å²) in [4.78, 5) is 40.9. The van der Waals surface area contributed by atoms with Crippen LogP contribution in [0.4, 0.5) is 0 Å². The first-order valence-corrected chi connectivity index (χ1v) is 14.1. The van der Waals surface area contributed by atoms with Crippen LogP contribution in [0.3, 0.4) is 0 Å². The second-order valence-corrected chi connectivity index (χ2v) is 11.2. The number of halogens is 1. The van der Waals surface area contributed by atoms with E-state index in [1.807, 2.05) is 31.2 Å². The number of hydrogen-bond acceptors (Lipinski definition) is 7. The summed E-state index contributed by atoms with van der Waals surface area (Å²) in [6, 6.07) is 14.4. The zero-order valence-corrected chi connectivity index (χ0v) is 22.6. The number of para-hydroxylation sites is 1. The molecule has 2 aromatic carbocycles. The van der Waals surface area contributed by atoms with Gasteiger partial charge in [-0.3, -0.25) is 14.4 Å². The van der Waals surface area contributed by atoms with Gasteiger partial charge in [-0.25, -0.2) is 0 Å². The van der Waals surface area contributed by atoms with Crippen LogP contribution in [0, 0.1) is 5.92 Å². The number of fused-ring (bicyclic) bond motifs is 1. The van der Waals surface area contributed by atoms with E-state index >= 15 is 0 Å². The molecule has 3 unspecified atom stereocenters. The number of ketones is 1. The molecule has 38 heavy (non-hydrogen) atoms. The number of carbonyl (C=O) groups excluding carboxylic acids is 2. The number of benzene rings is 2. The summed E-state index contributed by atoms with van der Waals surface area (Å²) in [6.45, 7) is 6.40. The van der Waals surface area contributed by atoms with Gasteiger partial charge in [0.05, 0.1) is 11.6 Å². The Balaban J connectivity index is 1.61. The lowest BCUT2D eigenvalue weighted by Crippen LogP contribution is -2.43. The van der Waals surface area contributed by atoms with Crippen LogP contribution in [0.1, 0.15) is 42.7 Å². The number of esters is 1. The number of carbonyl (C=O) groups is 2. The van der Waals surface area contributed by atoms with E-state index in [2.05, 4.69) is 11.9 Å². The number of hydrogen-bond donors (Lipinski definition) is 1. The molecule has 2 aliphatic rings. The number of ether oxygens (including phenoxy) is 1. The van der Waals surface area contributed by atoms with Crippen molar-refractivity contribution in [1.29, 1.82) is 0 Å². The van der Waals surface area contributed by atoms with Crippen LogP contribution in [0.25, 0.3) is 11.0 Å². The standard InChI is InChI=1S/C30H28ClNO5S/c1-3-38-13-12-36-30(35)26-17(2)32-23-14-18(19-8-4-6-10-22(19)31)15-24(33)28(23)27(26)21-16-37-25-11-7-5-9-20(25)29(21)34/h4-11,16,18,26-27,32H,2-3,12-15H2,1H3. The Bertz CT molecular complexity index is 1510. The fraction of sp³-hybridized carbons (Fsp3) is 0.300. The van der Waals surface area contributed by atoms with Crippen molar-refractivity contribution in [2.45, 2.75) is 31.6 Å². The van der Waals surface area contributed by atoms with Crippen molar-refractivity contribution in [2.24, 2.45) is 5.92 Å². The first-order valence-electron chi connectivity index (χ1n) is 12.6. The fourth-order valence-electron chi connectivity index (χ4n) is 5.43. The summed E-state index contributed by atoms with van der Waals surface area (Å²) in [7, 11) is 0. The van der Waals surface area contributed by atoms with Crippen LogP contribution in [-0.4, -0.2) is 29.9 Å². The Morgan fingerprint density at radius 1 is 1.13 bits per heavy atom. The lowest BCUT2D eigenvalue weighted by molar-refractivity contribution is -0.147. The predicted octanol–water partition coefficient (Wildman–Crippen LogP) is 5.96. The van der Waals surface area contributed by atoms with Crippen molar-refractivity contribution in [2.75, 3.05) is 18.1 Å². The monoisotopic (exact) mass is 549 g/mol. The van der Waals surface area contributed by atoms with E-state index in [9.17, 15) is 14.4 Å². The molecule has 5 rings (SSSR count). The van der Waals surface area contributed by atoms with Gasteiger partial charge in [-0.15, -0.1) is 0 Å². The van der Waals surface area contributed by atoms with Gasteiger partial charge >= 0.3 is 5.97 Å². The van der Waals surface area contributed by atoms with Crippen molar-refractivity contribution in [1.82, 2.24) is 5.32 Å². The Morgan fingerprint density at radius 3 is 2.68 bits per heavy atom. The third-order valence-electron chi connectivity index (χ3n) is 7.16. The van der Waals surface area contributed by atoms with Crippen LogP contribution in [-0.2, 0) is 14.3 Å². The smallest absolute Gasteiger partial charge is 0.315 e. The van der Waals surface area contributed by atoms with Crippen LogP contribution >= 0.6 is 23.4 Å². The maximum atomic E-state index is 13.8. The molecule has 0 amide bonds. The van der Waals surface area contributed by atoms with Gasteiger partial charge in [0.15, 0.2) is 11.2 Å². The van der Waals surface area contributed by atoms with Crippen molar-refractivity contribution in [3.63, 3.8) is 0 Å². The highest BCUT2D eigenvalue weighted by molar-refractivity contribution is 7.99. The Hall–Kier alpha value is -3.29. The minimum absolute atomic E-state index is 0.140. The maximum absolute atomic E-state index is 13.8. The van der Waals surface area contributed by atoms with E-state index in [1.165, 1.54) is 6.26 Å². The third kappa shape index (κ3) is 4.93. The lowest BCUT2D eigenvalue weighted by atomic mass is 9.69. The van der Waals surface area contributed by atoms with Crippen LogP contribution in [0.5, 0.6) is 0 Å². The van der Waals surface area contributed by atoms with Crippen LogP contribution in [0.2, 0.25) is 5.02 Å². The SMILES string of the molecule is C=C1NC2=C(C(=O)CC(c3ccccc3Cl)C2)C(c2coc3ccccc3c2=O)C1C(=O)OCCSCC. The number of Topliss-reactive ketones (excluding diaryl/α,β-unsaturated/α-hetero) is 1. The second-order valence-electron chi connectivity index (χ2n) is 9.43. The van der Waals surface area contributed by atoms with Crippen LogP contribution in [0.15, 0.2) is 87.6 Å². The molecule has 0 radical (unpaired) electrons. The van der Waals surface area contributed by atoms with Crippen molar-refractivity contribution < 1.29 is 18.7 Å². The van der Waals surface area contributed by atoms with Gasteiger partial charge in [0, 0.05) is 45.6 Å². The van der Waals surface area contributed by atoms with E-state index in [0.717, 1.165) is 11.3 Å². The molecule has 196 valence electrons. The van der Waals surface area contributed by atoms with E-state index < -0.39 is 17.8 Å². The molecule has 0 spiro atoms. The van der Waals surface area contributed by atoms with Gasteiger partial charge < -0.3 is 14.5 Å². The molecule has 0 saturated carbocycles. The highest BCUT2D eigenvalue weighted by Crippen LogP contribution is 2.47. The highest BCUT2D eigenvalue weighted by Gasteiger charge is 2.46. The molecular weight excluding hydrogens is 522 g/mol. The molecule has 0 saturated heterocycles. The first kappa shape index (κ1) is 26.3. The first-order chi connectivity index (χ1) is 18.4. The average Bonchev–Trinajstić information content (AvgIpc) is 2.91. The van der Waals surface area contributed by atoms with Gasteiger partial charge in [-0.2, -0.15) is 11.8 Å². The zero-order chi connectivity index (χ0) is 26.8. The Labute approximate surface area is 230 Å². The second kappa shape index (κ2) is 11.2. The Kier molecular flexibility index (Phi) is 7.77. The van der Waals surface area contributed by atoms with Crippen LogP contribution < -0.4 is 10.7 Å². The predicted molar refractivity (Wildman–Crippen MR) is 150 cm³/mol. The van der Waals surface area contributed by atoms with Gasteiger partial charge in [0.1, 0.15) is 18.1 Å². The maximum Gasteiger partial charge on any atom is 0.315 e. The third-order valence-corrected chi connectivity index (χ3v) is 8.36. The lowest BCUT2D eigenvalue weighted by Gasteiger charge is -2.39. The molecule has 0 bridgehead atoms. The van der Waals surface area contributed by atoms with Gasteiger partial charge in [-0.05, 0) is 41.9 Å². The summed E-state index contributed by atoms with van der Waals surface area (Å²) in [5, 5.41) is 4.23. The van der Waals surface area contributed by atoms with Gasteiger partial charge in [0.2, 0.25) is 0 Å². The van der Waals surface area contributed by atoms with E-state index in [1.54, 1.807) is 36.0 Å². The number of allylic oxidation sites excluding steroid dienone is 2. The fourth-order valence-corrected chi connectivity index (χ4v) is 6.21. The van der Waals surface area contributed by atoms with E-state index in [4.69, 9.17) is 20.8 Å². The summed E-state index contributed by atoms with van der Waals surface area (Å²) in [5.41, 5.74) is 2.74. The van der Waals surface area contributed by atoms with Crippen molar-refractivity contribution in [3.8, 4) is 0 Å². The minimum atomic E-state index is -0.953. The zero-order valence-electron chi connectivity index (χ0n) is 21.0. The molecule has 1 aliphatic carbocycles. The molecule has 1 aromatic heterocycles. The molecule has 1 N–H and O–H groups in total.